The fourth-order valence-corrected chi connectivity index (χ4v) is 3.04. The van der Waals surface area contributed by atoms with E-state index in [0.29, 0.717) is 6.54 Å². The van der Waals surface area contributed by atoms with Gasteiger partial charge in [0.25, 0.3) is 11.5 Å². The minimum atomic E-state index is -0.342. The van der Waals surface area contributed by atoms with Gasteiger partial charge in [-0.25, -0.2) is 4.68 Å². The first kappa shape index (κ1) is 17.3. The molecule has 25 heavy (non-hydrogen) atoms. The van der Waals surface area contributed by atoms with E-state index in [1.807, 2.05) is 55.5 Å². The maximum absolute atomic E-state index is 12.5. The molecule has 0 aliphatic carbocycles. The maximum atomic E-state index is 12.5. The third kappa shape index (κ3) is 4.33. The van der Waals surface area contributed by atoms with E-state index in [1.54, 1.807) is 0 Å². The number of nitrogens with one attached hydrogen (secondary N) is 1. The highest BCUT2D eigenvalue weighted by molar-refractivity contribution is 14.1. The lowest BCUT2D eigenvalue weighted by molar-refractivity contribution is 0.102. The van der Waals surface area contributed by atoms with Gasteiger partial charge in [0.1, 0.15) is 5.69 Å². The molecule has 6 heteroatoms. The number of rotatable bonds is 4. The zero-order valence-electron chi connectivity index (χ0n) is 13.6. The van der Waals surface area contributed by atoms with Crippen LogP contribution < -0.4 is 10.9 Å². The van der Waals surface area contributed by atoms with Crippen LogP contribution in [0.4, 0.5) is 5.69 Å². The van der Waals surface area contributed by atoms with E-state index in [0.717, 1.165) is 20.4 Å². The monoisotopic (exact) mass is 445 g/mol. The van der Waals surface area contributed by atoms with E-state index in [-0.39, 0.29) is 17.2 Å². The largest absolute Gasteiger partial charge is 0.320 e. The van der Waals surface area contributed by atoms with Crippen molar-refractivity contribution in [3.63, 3.8) is 0 Å². The van der Waals surface area contributed by atoms with Gasteiger partial charge in [0.05, 0.1) is 6.54 Å². The molecule has 0 radical (unpaired) electrons. The van der Waals surface area contributed by atoms with Crippen molar-refractivity contribution >= 4 is 34.2 Å². The maximum Gasteiger partial charge on any atom is 0.276 e. The summed E-state index contributed by atoms with van der Waals surface area (Å²) in [5.74, 6) is -0.342. The summed E-state index contributed by atoms with van der Waals surface area (Å²) in [5, 5.41) is 7.05. The third-order valence-corrected chi connectivity index (χ3v) is 4.38. The van der Waals surface area contributed by atoms with E-state index < -0.39 is 0 Å². The molecule has 0 spiro atoms. The van der Waals surface area contributed by atoms with Gasteiger partial charge in [0.15, 0.2) is 0 Å². The Bertz CT molecular complexity index is 968. The lowest BCUT2D eigenvalue weighted by atomic mass is 10.2. The Kier molecular flexibility index (Phi) is 5.28. The summed E-state index contributed by atoms with van der Waals surface area (Å²) in [6, 6.07) is 18.1. The van der Waals surface area contributed by atoms with E-state index in [1.165, 1.54) is 16.8 Å². The number of hydrogen-bond acceptors (Lipinski definition) is 3. The van der Waals surface area contributed by atoms with Gasteiger partial charge in [0.2, 0.25) is 0 Å². The average molecular weight is 445 g/mol. The molecule has 126 valence electrons. The number of carbonyl (C=O) groups is 1. The summed E-state index contributed by atoms with van der Waals surface area (Å²) >= 11 is 2.22. The number of hydrogen-bond donors (Lipinski definition) is 1. The van der Waals surface area contributed by atoms with Gasteiger partial charge in [-0.15, -0.1) is 0 Å². The molecule has 5 nitrogen and oxygen atoms in total. The van der Waals surface area contributed by atoms with Crippen LogP contribution in [0.5, 0.6) is 0 Å². The number of anilines is 1. The lowest BCUT2D eigenvalue weighted by Crippen LogP contribution is -2.26. The minimum Gasteiger partial charge on any atom is -0.320 e. The van der Waals surface area contributed by atoms with Gasteiger partial charge >= 0.3 is 0 Å². The Labute approximate surface area is 158 Å². The van der Waals surface area contributed by atoms with Gasteiger partial charge in [-0.2, -0.15) is 5.10 Å². The van der Waals surface area contributed by atoms with E-state index in [4.69, 9.17) is 0 Å². The zero-order chi connectivity index (χ0) is 17.8. The van der Waals surface area contributed by atoms with Gasteiger partial charge in [-0.3, -0.25) is 9.59 Å². The number of aromatic nitrogens is 2. The topological polar surface area (TPSA) is 64.0 Å². The number of aryl methyl sites for hydroxylation is 1. The van der Waals surface area contributed by atoms with Crippen molar-refractivity contribution in [2.24, 2.45) is 0 Å². The van der Waals surface area contributed by atoms with Crippen LogP contribution in [-0.2, 0) is 6.54 Å². The van der Waals surface area contributed by atoms with Crippen molar-refractivity contribution in [3.8, 4) is 0 Å². The normalized spacial score (nSPS) is 10.5. The van der Waals surface area contributed by atoms with Crippen LogP contribution >= 0.6 is 22.6 Å². The Morgan fingerprint density at radius 3 is 2.60 bits per heavy atom. The van der Waals surface area contributed by atoms with Crippen LogP contribution in [0.2, 0.25) is 0 Å². The SMILES string of the molecule is Cc1cc(I)ccc1NC(=O)c1ccc(=O)n(Cc2ccccc2)n1. The zero-order valence-corrected chi connectivity index (χ0v) is 15.7. The molecule has 0 unspecified atom stereocenters. The fourth-order valence-electron chi connectivity index (χ4n) is 2.39. The standard InChI is InChI=1S/C19H16IN3O2/c1-13-11-15(20)7-8-16(13)21-19(25)17-9-10-18(24)23(22-17)12-14-5-3-2-4-6-14/h2-11H,12H2,1H3,(H,21,25). The second kappa shape index (κ2) is 7.60. The molecule has 1 heterocycles. The van der Waals surface area contributed by atoms with Crippen molar-refractivity contribution in [2.45, 2.75) is 13.5 Å². The van der Waals surface area contributed by atoms with Crippen LogP contribution in [0.1, 0.15) is 21.6 Å². The van der Waals surface area contributed by atoms with Crippen molar-refractivity contribution in [3.05, 3.63) is 91.4 Å². The van der Waals surface area contributed by atoms with Crippen LogP contribution in [-0.4, -0.2) is 15.7 Å². The lowest BCUT2D eigenvalue weighted by Gasteiger charge is -2.10. The van der Waals surface area contributed by atoms with Crippen LogP contribution in [0.3, 0.4) is 0 Å². The predicted octanol–water partition coefficient (Wildman–Crippen LogP) is 3.46. The Balaban J connectivity index is 1.83. The summed E-state index contributed by atoms with van der Waals surface area (Å²) < 4.78 is 2.40. The molecule has 0 fully saturated rings. The molecule has 0 saturated heterocycles. The Morgan fingerprint density at radius 1 is 1.12 bits per heavy atom. The van der Waals surface area contributed by atoms with Gasteiger partial charge < -0.3 is 5.32 Å². The van der Waals surface area contributed by atoms with Crippen molar-refractivity contribution < 1.29 is 4.79 Å². The van der Waals surface area contributed by atoms with Gasteiger partial charge in [0, 0.05) is 15.3 Å². The van der Waals surface area contributed by atoms with Crippen LogP contribution in [0.15, 0.2) is 65.5 Å². The molecule has 0 aliphatic rings. The number of benzene rings is 2. The minimum absolute atomic E-state index is 0.202. The molecule has 1 aromatic heterocycles. The summed E-state index contributed by atoms with van der Waals surface area (Å²) in [7, 11) is 0. The van der Waals surface area contributed by atoms with Gasteiger partial charge in [-0.1, -0.05) is 30.3 Å². The first-order valence-corrected chi connectivity index (χ1v) is 8.80. The first-order valence-electron chi connectivity index (χ1n) is 7.72. The number of amides is 1. The molecule has 0 bridgehead atoms. The average Bonchev–Trinajstić information content (AvgIpc) is 2.60. The summed E-state index contributed by atoms with van der Waals surface area (Å²) in [5.41, 5.74) is 2.60. The van der Waals surface area contributed by atoms with Crippen LogP contribution in [0, 0.1) is 10.5 Å². The quantitative estimate of drug-likeness (QED) is 0.626. The van der Waals surface area contributed by atoms with Crippen LogP contribution in [0.25, 0.3) is 0 Å². The third-order valence-electron chi connectivity index (χ3n) is 3.71. The molecule has 2 aromatic carbocycles. The summed E-state index contributed by atoms with van der Waals surface area (Å²) in [6.07, 6.45) is 0. The fraction of sp³-hybridized carbons (Fsp3) is 0.105. The van der Waals surface area contributed by atoms with Crippen molar-refractivity contribution in [1.82, 2.24) is 9.78 Å². The number of carbonyl (C=O) groups excluding carboxylic acids is 1. The first-order chi connectivity index (χ1) is 12.0. The summed E-state index contributed by atoms with van der Waals surface area (Å²) in [4.78, 5) is 24.5. The van der Waals surface area contributed by atoms with E-state index >= 15 is 0 Å². The highest BCUT2D eigenvalue weighted by atomic mass is 127. The molecule has 3 aromatic rings. The molecule has 0 saturated carbocycles. The van der Waals surface area contributed by atoms with E-state index in [9.17, 15) is 9.59 Å². The molecule has 1 amide bonds. The van der Waals surface area contributed by atoms with Crippen molar-refractivity contribution in [1.29, 1.82) is 0 Å². The highest BCUT2D eigenvalue weighted by Gasteiger charge is 2.11. The second-order valence-corrected chi connectivity index (χ2v) is 6.86. The molecule has 3 rings (SSSR count). The van der Waals surface area contributed by atoms with Gasteiger partial charge in [-0.05, 0) is 64.9 Å². The number of nitrogens with zero attached hydrogens (tertiary/aromatic N) is 2. The number of halogens is 1. The van der Waals surface area contributed by atoms with Crippen molar-refractivity contribution in [2.75, 3.05) is 5.32 Å². The molecule has 1 N–H and O–H groups in total. The smallest absolute Gasteiger partial charge is 0.276 e. The Morgan fingerprint density at radius 2 is 1.88 bits per heavy atom. The molecular formula is C19H16IN3O2. The summed E-state index contributed by atoms with van der Waals surface area (Å²) in [6.45, 7) is 2.25. The predicted molar refractivity (Wildman–Crippen MR) is 106 cm³/mol. The molecular weight excluding hydrogens is 429 g/mol. The second-order valence-electron chi connectivity index (χ2n) is 5.61. The highest BCUT2D eigenvalue weighted by Crippen LogP contribution is 2.18. The van der Waals surface area contributed by atoms with E-state index in [2.05, 4.69) is 33.0 Å². The Hall–Kier alpha value is -2.48. The molecule has 0 aliphatic heterocycles. The molecule has 0 atom stereocenters.